The molecule has 0 unspecified atom stereocenters. The molecule has 0 saturated heterocycles. The van der Waals surface area contributed by atoms with E-state index >= 15 is 0 Å². The highest BCUT2D eigenvalue weighted by atomic mass is 16.3. The van der Waals surface area contributed by atoms with Crippen molar-refractivity contribution in [1.82, 2.24) is 9.97 Å². The number of furan rings is 1. The first-order valence-corrected chi connectivity index (χ1v) is 20.0. The molecule has 0 aliphatic rings. The number of hydrogen-bond donors (Lipinski definition) is 0. The molecule has 9 aromatic carbocycles. The Morgan fingerprint density at radius 1 is 0.271 bits per heavy atom. The first kappa shape index (κ1) is 34.4. The highest BCUT2D eigenvalue weighted by Gasteiger charge is 2.17. The van der Waals surface area contributed by atoms with E-state index in [1.165, 1.54) is 21.9 Å². The summed E-state index contributed by atoms with van der Waals surface area (Å²) in [6.07, 6.45) is 0. The van der Waals surface area contributed by atoms with E-state index in [2.05, 4.69) is 182 Å². The monoisotopic (exact) mass is 752 g/mol. The van der Waals surface area contributed by atoms with Crippen LogP contribution >= 0.6 is 0 Å². The fourth-order valence-electron chi connectivity index (χ4n) is 8.29. The molecule has 2 heterocycles. The van der Waals surface area contributed by atoms with Crippen LogP contribution in [0.5, 0.6) is 0 Å². The number of benzene rings is 9. The third kappa shape index (κ3) is 6.55. The van der Waals surface area contributed by atoms with Gasteiger partial charge in [-0.15, -0.1) is 0 Å². The van der Waals surface area contributed by atoms with Gasteiger partial charge in [-0.3, -0.25) is 0 Å². The Kier molecular flexibility index (Phi) is 8.49. The molecule has 0 radical (unpaired) electrons. The summed E-state index contributed by atoms with van der Waals surface area (Å²) in [6, 6.07) is 77.2. The van der Waals surface area contributed by atoms with Gasteiger partial charge < -0.3 is 4.42 Å². The van der Waals surface area contributed by atoms with Crippen molar-refractivity contribution in [2.24, 2.45) is 0 Å². The summed E-state index contributed by atoms with van der Waals surface area (Å²) < 4.78 is 6.25. The van der Waals surface area contributed by atoms with Gasteiger partial charge in [0.2, 0.25) is 0 Å². The second kappa shape index (κ2) is 14.6. The van der Waals surface area contributed by atoms with Crippen LogP contribution in [0.3, 0.4) is 0 Å². The summed E-state index contributed by atoms with van der Waals surface area (Å²) in [7, 11) is 0. The Labute approximate surface area is 342 Å². The minimum atomic E-state index is 0.679. The lowest BCUT2D eigenvalue weighted by Crippen LogP contribution is -1.97. The number of nitrogens with zero attached hydrogens (tertiary/aromatic N) is 2. The zero-order valence-corrected chi connectivity index (χ0v) is 32.1. The van der Waals surface area contributed by atoms with E-state index in [4.69, 9.17) is 14.4 Å². The lowest BCUT2D eigenvalue weighted by molar-refractivity contribution is 0.669. The van der Waals surface area contributed by atoms with Crippen LogP contribution in [0.4, 0.5) is 0 Å². The average molecular weight is 753 g/mol. The van der Waals surface area contributed by atoms with Crippen LogP contribution in [-0.4, -0.2) is 9.97 Å². The highest BCUT2D eigenvalue weighted by molar-refractivity contribution is 6.06. The van der Waals surface area contributed by atoms with Crippen molar-refractivity contribution in [3.05, 3.63) is 218 Å². The van der Waals surface area contributed by atoms with Gasteiger partial charge >= 0.3 is 0 Å². The van der Waals surface area contributed by atoms with E-state index in [9.17, 15) is 0 Å². The topological polar surface area (TPSA) is 38.9 Å². The Morgan fingerprint density at radius 3 is 1.66 bits per heavy atom. The predicted octanol–water partition coefficient (Wildman–Crippen LogP) is 15.2. The van der Waals surface area contributed by atoms with E-state index in [-0.39, 0.29) is 0 Å². The normalized spacial score (nSPS) is 11.4. The molecule has 11 aromatic rings. The Balaban J connectivity index is 1.14. The van der Waals surface area contributed by atoms with E-state index < -0.39 is 0 Å². The summed E-state index contributed by atoms with van der Waals surface area (Å²) in [4.78, 5) is 10.5. The third-order valence-corrected chi connectivity index (χ3v) is 11.3. The number of aromatic nitrogens is 2. The van der Waals surface area contributed by atoms with Crippen molar-refractivity contribution >= 4 is 32.7 Å². The fraction of sp³-hybridized carbons (Fsp3) is 0. The first-order chi connectivity index (χ1) is 29.2. The molecule has 0 aliphatic heterocycles. The second-order valence-electron chi connectivity index (χ2n) is 15.0. The van der Waals surface area contributed by atoms with Crippen LogP contribution in [0, 0.1) is 0 Å². The standard InChI is InChI=1S/C56H36N2O/c1-3-14-37(15-4-1)41-20-13-21-44(31-41)52-36-53(58-56(57-52)39-17-5-2-6-18-39)47-33-45(42-28-29-55-51(35-42)50-24-11-12-25-54(50)59-55)32-46(34-47)49-23-10-9-22-48(49)43-27-26-38-16-7-8-19-40(38)30-43/h1-36H. The molecule has 0 bridgehead atoms. The molecule has 11 rings (SSSR count). The van der Waals surface area contributed by atoms with Crippen molar-refractivity contribution < 1.29 is 4.42 Å². The van der Waals surface area contributed by atoms with E-state index in [0.717, 1.165) is 83.4 Å². The Bertz CT molecular complexity index is 3330. The van der Waals surface area contributed by atoms with Crippen LogP contribution in [0.1, 0.15) is 0 Å². The Morgan fingerprint density at radius 2 is 0.831 bits per heavy atom. The molecular weight excluding hydrogens is 717 g/mol. The predicted molar refractivity (Wildman–Crippen MR) is 245 cm³/mol. The molecule has 0 N–H and O–H groups in total. The van der Waals surface area contributed by atoms with Gasteiger partial charge in [0.15, 0.2) is 5.82 Å². The third-order valence-electron chi connectivity index (χ3n) is 11.3. The smallest absolute Gasteiger partial charge is 0.160 e. The maximum absolute atomic E-state index is 6.25. The van der Waals surface area contributed by atoms with Crippen LogP contribution in [-0.2, 0) is 0 Å². The minimum absolute atomic E-state index is 0.679. The molecule has 0 spiro atoms. The van der Waals surface area contributed by atoms with E-state index in [1.54, 1.807) is 0 Å². The molecule has 59 heavy (non-hydrogen) atoms. The summed E-state index contributed by atoms with van der Waals surface area (Å²) in [5.74, 6) is 0.679. The number of rotatable bonds is 7. The van der Waals surface area contributed by atoms with Gasteiger partial charge in [0.05, 0.1) is 11.4 Å². The number of para-hydroxylation sites is 1. The van der Waals surface area contributed by atoms with Gasteiger partial charge in [0, 0.05) is 27.5 Å². The van der Waals surface area contributed by atoms with Crippen LogP contribution in [0.15, 0.2) is 223 Å². The molecule has 0 amide bonds. The number of hydrogen-bond acceptors (Lipinski definition) is 3. The van der Waals surface area contributed by atoms with Gasteiger partial charge in [0.25, 0.3) is 0 Å². The molecule has 3 heteroatoms. The van der Waals surface area contributed by atoms with Crippen molar-refractivity contribution in [3.63, 3.8) is 0 Å². The largest absolute Gasteiger partial charge is 0.456 e. The summed E-state index contributed by atoms with van der Waals surface area (Å²) >= 11 is 0. The molecule has 0 atom stereocenters. The maximum Gasteiger partial charge on any atom is 0.160 e. The first-order valence-electron chi connectivity index (χ1n) is 20.0. The van der Waals surface area contributed by atoms with Crippen LogP contribution in [0.25, 0.3) is 111 Å². The molecule has 0 fully saturated rings. The lowest BCUT2D eigenvalue weighted by Gasteiger charge is -2.16. The van der Waals surface area contributed by atoms with E-state index in [1.807, 2.05) is 36.4 Å². The van der Waals surface area contributed by atoms with Crippen molar-refractivity contribution in [3.8, 4) is 78.4 Å². The summed E-state index contributed by atoms with van der Waals surface area (Å²) in [5.41, 5.74) is 15.6. The zero-order chi connectivity index (χ0) is 39.1. The quantitative estimate of drug-likeness (QED) is 0.163. The summed E-state index contributed by atoms with van der Waals surface area (Å²) in [6.45, 7) is 0. The van der Waals surface area contributed by atoms with Crippen molar-refractivity contribution in [2.45, 2.75) is 0 Å². The van der Waals surface area contributed by atoms with Gasteiger partial charge in [-0.25, -0.2) is 9.97 Å². The molecule has 0 saturated carbocycles. The second-order valence-corrected chi connectivity index (χ2v) is 15.0. The summed E-state index contributed by atoms with van der Waals surface area (Å²) in [5, 5.41) is 4.64. The fourth-order valence-corrected chi connectivity index (χ4v) is 8.29. The molecule has 0 aliphatic carbocycles. The van der Waals surface area contributed by atoms with Crippen molar-refractivity contribution in [2.75, 3.05) is 0 Å². The van der Waals surface area contributed by atoms with Gasteiger partial charge in [-0.05, 0) is 110 Å². The maximum atomic E-state index is 6.25. The van der Waals surface area contributed by atoms with Gasteiger partial charge in [-0.2, -0.15) is 0 Å². The van der Waals surface area contributed by atoms with Crippen molar-refractivity contribution in [1.29, 1.82) is 0 Å². The van der Waals surface area contributed by atoms with Crippen LogP contribution in [0.2, 0.25) is 0 Å². The van der Waals surface area contributed by atoms with Crippen LogP contribution < -0.4 is 0 Å². The number of fused-ring (bicyclic) bond motifs is 4. The lowest BCUT2D eigenvalue weighted by atomic mass is 9.89. The average Bonchev–Trinajstić information content (AvgIpc) is 3.70. The van der Waals surface area contributed by atoms with Gasteiger partial charge in [-0.1, -0.05) is 164 Å². The molecule has 3 nitrogen and oxygen atoms in total. The SMILES string of the molecule is c1ccc(-c2cccc(-c3cc(-c4cc(-c5ccc6oc7ccccc7c6c5)cc(-c5ccccc5-c5ccc6ccccc6c5)c4)nc(-c4ccccc4)n3)c2)cc1. The molecule has 276 valence electrons. The molecule has 2 aromatic heterocycles. The molecular formula is C56H36N2O. The Hall–Kier alpha value is -7.88. The van der Waals surface area contributed by atoms with Gasteiger partial charge in [0.1, 0.15) is 11.2 Å². The highest BCUT2D eigenvalue weighted by Crippen LogP contribution is 2.40. The minimum Gasteiger partial charge on any atom is -0.456 e. The zero-order valence-electron chi connectivity index (χ0n) is 32.1. The van der Waals surface area contributed by atoms with E-state index in [0.29, 0.717) is 5.82 Å².